The molecule has 0 spiro atoms. The smallest absolute Gasteiger partial charge is 0.373 e. The van der Waals surface area contributed by atoms with Gasteiger partial charge in [-0.25, -0.2) is 4.79 Å². The van der Waals surface area contributed by atoms with Gasteiger partial charge in [0.15, 0.2) is 0 Å². The van der Waals surface area contributed by atoms with Gasteiger partial charge in [0.25, 0.3) is 0 Å². The number of hydrogen-bond acceptors (Lipinski definition) is 4. The summed E-state index contributed by atoms with van der Waals surface area (Å²) in [7, 11) is 1.33. The number of benzene rings is 1. The van der Waals surface area contributed by atoms with Crippen LogP contribution in [0.5, 0.6) is 0 Å². The zero-order valence-corrected chi connectivity index (χ0v) is 12.0. The van der Waals surface area contributed by atoms with E-state index >= 15 is 0 Å². The molecule has 0 saturated carbocycles. The van der Waals surface area contributed by atoms with E-state index in [-0.39, 0.29) is 5.76 Å². The van der Waals surface area contributed by atoms with Gasteiger partial charge in [-0.05, 0) is 29.7 Å². The van der Waals surface area contributed by atoms with E-state index in [1.807, 2.05) is 18.2 Å². The third-order valence-corrected chi connectivity index (χ3v) is 3.08. The van der Waals surface area contributed by atoms with Crippen molar-refractivity contribution < 1.29 is 13.9 Å². The van der Waals surface area contributed by atoms with Gasteiger partial charge in [0.2, 0.25) is 5.76 Å². The number of rotatable bonds is 5. The molecule has 2 rings (SSSR count). The Balaban J connectivity index is 2.06. The lowest BCUT2D eigenvalue weighted by Gasteiger charge is -2.13. The number of carbonyl (C=O) groups is 1. The van der Waals surface area contributed by atoms with Crippen LogP contribution in [0.3, 0.4) is 0 Å². The van der Waals surface area contributed by atoms with Crippen molar-refractivity contribution in [1.29, 1.82) is 0 Å². The Morgan fingerprint density at radius 1 is 1.25 bits per heavy atom. The van der Waals surface area contributed by atoms with Crippen LogP contribution < -0.4 is 5.32 Å². The van der Waals surface area contributed by atoms with Gasteiger partial charge in [0, 0.05) is 5.69 Å². The minimum atomic E-state index is -0.459. The summed E-state index contributed by atoms with van der Waals surface area (Å²) < 4.78 is 10.0. The third kappa shape index (κ3) is 3.20. The quantitative estimate of drug-likeness (QED) is 0.842. The van der Waals surface area contributed by atoms with Crippen LogP contribution in [0.2, 0.25) is 0 Å². The molecular weight excluding hydrogens is 254 g/mol. The van der Waals surface area contributed by atoms with Crippen molar-refractivity contribution in [3.05, 3.63) is 53.5 Å². The molecule has 0 bridgehead atoms. The van der Waals surface area contributed by atoms with Gasteiger partial charge in [-0.1, -0.05) is 32.0 Å². The molecule has 2 aromatic rings. The highest BCUT2D eigenvalue weighted by Gasteiger charge is 2.11. The van der Waals surface area contributed by atoms with E-state index in [0.717, 1.165) is 5.69 Å². The summed E-state index contributed by atoms with van der Waals surface area (Å²) in [4.78, 5) is 11.3. The average molecular weight is 273 g/mol. The number of anilines is 1. The van der Waals surface area contributed by atoms with E-state index < -0.39 is 5.97 Å². The summed E-state index contributed by atoms with van der Waals surface area (Å²) in [6.07, 6.45) is 0. The van der Waals surface area contributed by atoms with Gasteiger partial charge in [-0.15, -0.1) is 0 Å². The van der Waals surface area contributed by atoms with Crippen LogP contribution in [0.4, 0.5) is 5.69 Å². The highest BCUT2D eigenvalue weighted by molar-refractivity contribution is 5.86. The summed E-state index contributed by atoms with van der Waals surface area (Å²) in [5.74, 6) is 0.908. The number of carbonyl (C=O) groups excluding carboxylic acids is 1. The lowest BCUT2D eigenvalue weighted by molar-refractivity contribution is 0.0563. The van der Waals surface area contributed by atoms with Crippen LogP contribution in [0.25, 0.3) is 0 Å². The molecule has 0 aliphatic heterocycles. The van der Waals surface area contributed by atoms with Gasteiger partial charge < -0.3 is 14.5 Å². The molecule has 0 saturated heterocycles. The maximum Gasteiger partial charge on any atom is 0.373 e. The van der Waals surface area contributed by atoms with Crippen LogP contribution in [0.15, 0.2) is 40.8 Å². The molecule has 0 aliphatic carbocycles. The third-order valence-electron chi connectivity index (χ3n) is 3.08. The Kier molecular flexibility index (Phi) is 4.45. The topological polar surface area (TPSA) is 51.5 Å². The summed E-state index contributed by atoms with van der Waals surface area (Å²) in [5.41, 5.74) is 2.34. The molecule has 0 atom stereocenters. The monoisotopic (exact) mass is 273 g/mol. The van der Waals surface area contributed by atoms with Gasteiger partial charge in [-0.2, -0.15) is 0 Å². The van der Waals surface area contributed by atoms with Gasteiger partial charge >= 0.3 is 5.97 Å². The number of furan rings is 1. The highest BCUT2D eigenvalue weighted by atomic mass is 16.5. The predicted molar refractivity (Wildman–Crippen MR) is 77.9 cm³/mol. The molecule has 0 radical (unpaired) electrons. The molecule has 4 nitrogen and oxygen atoms in total. The summed E-state index contributed by atoms with van der Waals surface area (Å²) in [6.45, 7) is 4.84. The normalized spacial score (nSPS) is 10.6. The molecule has 0 fully saturated rings. The Hall–Kier alpha value is -2.23. The van der Waals surface area contributed by atoms with E-state index in [1.54, 1.807) is 12.1 Å². The van der Waals surface area contributed by atoms with Crippen molar-refractivity contribution in [3.8, 4) is 0 Å². The SMILES string of the molecule is COC(=O)c1ccc(CNc2ccccc2C(C)C)o1. The van der Waals surface area contributed by atoms with E-state index in [2.05, 4.69) is 30.0 Å². The number of para-hydroxylation sites is 1. The maximum atomic E-state index is 11.3. The molecule has 20 heavy (non-hydrogen) atoms. The van der Waals surface area contributed by atoms with Crippen molar-refractivity contribution >= 4 is 11.7 Å². The number of methoxy groups -OCH3 is 1. The molecule has 4 heteroatoms. The molecule has 0 aliphatic rings. The second kappa shape index (κ2) is 6.28. The molecule has 1 aromatic heterocycles. The van der Waals surface area contributed by atoms with Crippen LogP contribution >= 0.6 is 0 Å². The Morgan fingerprint density at radius 3 is 2.70 bits per heavy atom. The van der Waals surface area contributed by atoms with Crippen molar-refractivity contribution in [2.45, 2.75) is 26.3 Å². The number of nitrogens with one attached hydrogen (secondary N) is 1. The van der Waals surface area contributed by atoms with Gasteiger partial charge in [0.05, 0.1) is 13.7 Å². The molecular formula is C16H19NO3. The number of esters is 1. The fourth-order valence-electron chi connectivity index (χ4n) is 2.03. The van der Waals surface area contributed by atoms with Crippen molar-refractivity contribution in [2.24, 2.45) is 0 Å². The largest absolute Gasteiger partial charge is 0.463 e. The average Bonchev–Trinajstić information content (AvgIpc) is 2.93. The van der Waals surface area contributed by atoms with Gasteiger partial charge in [0.1, 0.15) is 5.76 Å². The van der Waals surface area contributed by atoms with Crippen molar-refractivity contribution in [1.82, 2.24) is 0 Å². The summed E-state index contributed by atoms with van der Waals surface area (Å²) in [6, 6.07) is 11.6. The first-order valence-electron chi connectivity index (χ1n) is 6.61. The van der Waals surface area contributed by atoms with E-state index in [9.17, 15) is 4.79 Å². The first-order valence-corrected chi connectivity index (χ1v) is 6.61. The lowest BCUT2D eigenvalue weighted by atomic mass is 10.0. The fraction of sp³-hybridized carbons (Fsp3) is 0.312. The second-order valence-electron chi connectivity index (χ2n) is 4.85. The maximum absolute atomic E-state index is 11.3. The predicted octanol–water partition coefficient (Wildman–Crippen LogP) is 3.80. The fourth-order valence-corrected chi connectivity index (χ4v) is 2.03. The van der Waals surface area contributed by atoms with Crippen molar-refractivity contribution in [3.63, 3.8) is 0 Å². The number of ether oxygens (including phenoxy) is 1. The molecule has 0 amide bonds. The van der Waals surface area contributed by atoms with E-state index in [0.29, 0.717) is 18.2 Å². The zero-order chi connectivity index (χ0) is 14.5. The molecule has 0 unspecified atom stereocenters. The van der Waals surface area contributed by atoms with E-state index in [4.69, 9.17) is 4.42 Å². The molecule has 1 aromatic carbocycles. The zero-order valence-electron chi connectivity index (χ0n) is 12.0. The molecule has 1 heterocycles. The standard InChI is InChI=1S/C16H19NO3/c1-11(2)13-6-4-5-7-14(13)17-10-12-8-9-15(20-12)16(18)19-3/h4-9,11,17H,10H2,1-3H3. The number of hydrogen-bond donors (Lipinski definition) is 1. The van der Waals surface area contributed by atoms with Crippen LogP contribution in [-0.4, -0.2) is 13.1 Å². The van der Waals surface area contributed by atoms with Crippen molar-refractivity contribution in [2.75, 3.05) is 12.4 Å². The van der Waals surface area contributed by atoms with Crippen LogP contribution in [-0.2, 0) is 11.3 Å². The van der Waals surface area contributed by atoms with Gasteiger partial charge in [-0.3, -0.25) is 0 Å². The second-order valence-corrected chi connectivity index (χ2v) is 4.85. The highest BCUT2D eigenvalue weighted by Crippen LogP contribution is 2.24. The minimum absolute atomic E-state index is 0.224. The summed E-state index contributed by atoms with van der Waals surface area (Å²) >= 11 is 0. The molecule has 106 valence electrons. The Labute approximate surface area is 118 Å². The first-order chi connectivity index (χ1) is 9.61. The minimum Gasteiger partial charge on any atom is -0.463 e. The van der Waals surface area contributed by atoms with Crippen LogP contribution in [0, 0.1) is 0 Å². The van der Waals surface area contributed by atoms with E-state index in [1.165, 1.54) is 12.7 Å². The Morgan fingerprint density at radius 2 is 2.00 bits per heavy atom. The first kappa shape index (κ1) is 14.2. The summed E-state index contributed by atoms with van der Waals surface area (Å²) in [5, 5.41) is 3.34. The molecule has 1 N–H and O–H groups in total. The Bertz CT molecular complexity index is 587. The van der Waals surface area contributed by atoms with Crippen LogP contribution in [0.1, 0.15) is 41.6 Å². The lowest BCUT2D eigenvalue weighted by Crippen LogP contribution is -2.03.